The number of nitrogens with one attached hydrogen (secondary N) is 1. The number of anilines is 1. The highest BCUT2D eigenvalue weighted by atomic mass is 35.5. The second-order valence-corrected chi connectivity index (χ2v) is 5.79. The molecule has 0 amide bonds. The van der Waals surface area contributed by atoms with Gasteiger partial charge in [-0.05, 0) is 19.3 Å². The summed E-state index contributed by atoms with van der Waals surface area (Å²) in [5.41, 5.74) is 0. The van der Waals surface area contributed by atoms with Crippen LogP contribution in [-0.2, 0) is 0 Å². The minimum atomic E-state index is 0.503. The van der Waals surface area contributed by atoms with Crippen molar-refractivity contribution < 1.29 is 0 Å². The van der Waals surface area contributed by atoms with Gasteiger partial charge in [-0.3, -0.25) is 0 Å². The molecule has 0 aliphatic heterocycles. The first-order valence-corrected chi connectivity index (χ1v) is 7.95. The summed E-state index contributed by atoms with van der Waals surface area (Å²) < 4.78 is 0. The molecule has 1 N–H and O–H groups in total. The second kappa shape index (κ2) is 7.68. The molecule has 3 nitrogen and oxygen atoms in total. The number of nitrogens with zero attached hydrogens (tertiary/aromatic N) is 2. The SMILES string of the molecule is CCCCCNc1cc(Cl)nc(C2CCCCC2)n1. The summed E-state index contributed by atoms with van der Waals surface area (Å²) in [6.45, 7) is 3.17. The Morgan fingerprint density at radius 3 is 2.74 bits per heavy atom. The molecule has 0 bridgehead atoms. The maximum absolute atomic E-state index is 6.12. The molecular weight excluding hydrogens is 258 g/mol. The van der Waals surface area contributed by atoms with E-state index in [4.69, 9.17) is 11.6 Å². The Morgan fingerprint density at radius 1 is 1.21 bits per heavy atom. The number of aromatic nitrogens is 2. The third-order valence-corrected chi connectivity index (χ3v) is 3.96. The smallest absolute Gasteiger partial charge is 0.135 e. The summed E-state index contributed by atoms with van der Waals surface area (Å²) in [6, 6.07) is 1.83. The van der Waals surface area contributed by atoms with E-state index in [0.717, 1.165) is 18.2 Å². The van der Waals surface area contributed by atoms with Crippen LogP contribution in [0, 0.1) is 0 Å². The molecular formula is C15H24ClN3. The monoisotopic (exact) mass is 281 g/mol. The van der Waals surface area contributed by atoms with Crippen LogP contribution in [-0.4, -0.2) is 16.5 Å². The molecule has 2 rings (SSSR count). The Hall–Kier alpha value is -0.830. The highest BCUT2D eigenvalue weighted by Gasteiger charge is 2.19. The van der Waals surface area contributed by atoms with Gasteiger partial charge in [-0.25, -0.2) is 9.97 Å². The van der Waals surface area contributed by atoms with Gasteiger partial charge in [0, 0.05) is 18.5 Å². The zero-order valence-electron chi connectivity index (χ0n) is 11.8. The Morgan fingerprint density at radius 2 is 2.00 bits per heavy atom. The molecule has 106 valence electrons. The zero-order valence-corrected chi connectivity index (χ0v) is 12.5. The van der Waals surface area contributed by atoms with Crippen LogP contribution in [0.2, 0.25) is 5.15 Å². The fourth-order valence-corrected chi connectivity index (χ4v) is 2.85. The van der Waals surface area contributed by atoms with Crippen molar-refractivity contribution >= 4 is 17.4 Å². The third kappa shape index (κ3) is 4.64. The first kappa shape index (κ1) is 14.6. The Balaban J connectivity index is 1.97. The van der Waals surface area contributed by atoms with E-state index in [1.807, 2.05) is 6.07 Å². The van der Waals surface area contributed by atoms with Crippen molar-refractivity contribution in [3.05, 3.63) is 17.0 Å². The van der Waals surface area contributed by atoms with Gasteiger partial charge in [-0.15, -0.1) is 0 Å². The number of unbranched alkanes of at least 4 members (excludes halogenated alkanes) is 2. The fraction of sp³-hybridized carbons (Fsp3) is 0.733. The minimum absolute atomic E-state index is 0.503. The molecule has 1 saturated carbocycles. The van der Waals surface area contributed by atoms with Crippen molar-refractivity contribution in [3.63, 3.8) is 0 Å². The Bertz CT molecular complexity index is 389. The van der Waals surface area contributed by atoms with Gasteiger partial charge in [0.2, 0.25) is 0 Å². The van der Waals surface area contributed by atoms with Crippen LogP contribution in [0.3, 0.4) is 0 Å². The second-order valence-electron chi connectivity index (χ2n) is 5.40. The molecule has 1 aromatic rings. The lowest BCUT2D eigenvalue weighted by molar-refractivity contribution is 0.429. The lowest BCUT2D eigenvalue weighted by Crippen LogP contribution is -2.11. The molecule has 0 unspecified atom stereocenters. The van der Waals surface area contributed by atoms with E-state index in [-0.39, 0.29) is 0 Å². The van der Waals surface area contributed by atoms with E-state index in [1.165, 1.54) is 51.4 Å². The summed E-state index contributed by atoms with van der Waals surface area (Å²) in [5, 5.41) is 3.93. The third-order valence-electron chi connectivity index (χ3n) is 3.77. The first-order chi connectivity index (χ1) is 9.29. The molecule has 1 heterocycles. The van der Waals surface area contributed by atoms with Crippen LogP contribution < -0.4 is 5.32 Å². The van der Waals surface area contributed by atoms with Crippen LogP contribution in [0.1, 0.15) is 70.0 Å². The predicted octanol–water partition coefficient (Wildman–Crippen LogP) is 4.78. The van der Waals surface area contributed by atoms with Crippen molar-refractivity contribution in [1.82, 2.24) is 9.97 Å². The first-order valence-electron chi connectivity index (χ1n) is 7.58. The predicted molar refractivity (Wildman–Crippen MR) is 80.9 cm³/mol. The van der Waals surface area contributed by atoms with Crippen molar-refractivity contribution in [3.8, 4) is 0 Å². The fourth-order valence-electron chi connectivity index (χ4n) is 2.66. The molecule has 0 radical (unpaired) electrons. The maximum atomic E-state index is 6.12. The van der Waals surface area contributed by atoms with Crippen LogP contribution >= 0.6 is 11.6 Å². The van der Waals surface area contributed by atoms with E-state index in [1.54, 1.807) is 0 Å². The van der Waals surface area contributed by atoms with Crippen LogP contribution in [0.5, 0.6) is 0 Å². The average Bonchev–Trinajstić information content (AvgIpc) is 2.44. The van der Waals surface area contributed by atoms with Gasteiger partial charge in [0.1, 0.15) is 16.8 Å². The summed E-state index contributed by atoms with van der Waals surface area (Å²) in [6.07, 6.45) is 10.0. The van der Waals surface area contributed by atoms with Gasteiger partial charge in [-0.1, -0.05) is 50.6 Å². The van der Waals surface area contributed by atoms with Gasteiger partial charge in [0.25, 0.3) is 0 Å². The molecule has 1 aliphatic rings. The molecule has 0 atom stereocenters. The summed E-state index contributed by atoms with van der Waals surface area (Å²) in [5.74, 6) is 2.32. The molecule has 0 saturated heterocycles. The zero-order chi connectivity index (χ0) is 13.5. The lowest BCUT2D eigenvalue weighted by Gasteiger charge is -2.20. The van der Waals surface area contributed by atoms with Gasteiger partial charge in [-0.2, -0.15) is 0 Å². The molecule has 4 heteroatoms. The van der Waals surface area contributed by atoms with Crippen LogP contribution in [0.25, 0.3) is 0 Å². The van der Waals surface area contributed by atoms with E-state index in [9.17, 15) is 0 Å². The average molecular weight is 282 g/mol. The van der Waals surface area contributed by atoms with Gasteiger partial charge in [0.15, 0.2) is 0 Å². The molecule has 0 aromatic carbocycles. The van der Waals surface area contributed by atoms with Crippen LogP contribution in [0.15, 0.2) is 6.07 Å². The molecule has 1 aliphatic carbocycles. The molecule has 1 fully saturated rings. The largest absolute Gasteiger partial charge is 0.370 e. The van der Waals surface area contributed by atoms with Gasteiger partial charge >= 0.3 is 0 Å². The topological polar surface area (TPSA) is 37.8 Å². The summed E-state index contributed by atoms with van der Waals surface area (Å²) in [4.78, 5) is 9.06. The number of rotatable bonds is 6. The normalized spacial score (nSPS) is 16.5. The highest BCUT2D eigenvalue weighted by molar-refractivity contribution is 6.29. The number of hydrogen-bond acceptors (Lipinski definition) is 3. The van der Waals surface area contributed by atoms with E-state index in [2.05, 4.69) is 22.2 Å². The number of hydrogen-bond donors (Lipinski definition) is 1. The molecule has 19 heavy (non-hydrogen) atoms. The van der Waals surface area contributed by atoms with E-state index >= 15 is 0 Å². The van der Waals surface area contributed by atoms with Crippen molar-refractivity contribution in [1.29, 1.82) is 0 Å². The van der Waals surface area contributed by atoms with E-state index < -0.39 is 0 Å². The van der Waals surface area contributed by atoms with E-state index in [0.29, 0.717) is 11.1 Å². The highest BCUT2D eigenvalue weighted by Crippen LogP contribution is 2.31. The van der Waals surface area contributed by atoms with Crippen molar-refractivity contribution in [2.75, 3.05) is 11.9 Å². The lowest BCUT2D eigenvalue weighted by atomic mass is 9.89. The van der Waals surface area contributed by atoms with Gasteiger partial charge < -0.3 is 5.32 Å². The minimum Gasteiger partial charge on any atom is -0.370 e. The maximum Gasteiger partial charge on any atom is 0.135 e. The summed E-state index contributed by atoms with van der Waals surface area (Å²) in [7, 11) is 0. The molecule has 1 aromatic heterocycles. The van der Waals surface area contributed by atoms with Gasteiger partial charge in [0.05, 0.1) is 0 Å². The number of halogens is 1. The van der Waals surface area contributed by atoms with Crippen LogP contribution in [0.4, 0.5) is 5.82 Å². The quantitative estimate of drug-likeness (QED) is 0.602. The Kier molecular flexibility index (Phi) is 5.90. The molecule has 0 spiro atoms. The van der Waals surface area contributed by atoms with Crippen molar-refractivity contribution in [2.24, 2.45) is 0 Å². The standard InChI is InChI=1S/C15H24ClN3/c1-2-3-7-10-17-14-11-13(16)18-15(19-14)12-8-5-4-6-9-12/h11-12H,2-10H2,1H3,(H,17,18,19). The van der Waals surface area contributed by atoms with Crippen molar-refractivity contribution in [2.45, 2.75) is 64.2 Å². The summed E-state index contributed by atoms with van der Waals surface area (Å²) >= 11 is 6.12. The Labute approximate surface area is 121 Å².